The molecular weight excluding hydrogens is 278 g/mol. The van der Waals surface area contributed by atoms with Crippen LogP contribution in [0, 0.1) is 0 Å². The van der Waals surface area contributed by atoms with E-state index in [1.54, 1.807) is 18.2 Å². The molecule has 9 nitrogen and oxygen atoms in total. The average Bonchev–Trinajstić information content (AvgIpc) is 2.96. The minimum atomic E-state index is -1.18. The normalized spacial score (nSPS) is 11.8. The predicted octanol–water partition coefficient (Wildman–Crippen LogP) is 0.801. The molecule has 0 amide bonds. The third-order valence-electron chi connectivity index (χ3n) is 2.31. The second kappa shape index (κ2) is 6.28. The number of aromatic amines is 1. The number of anilines is 1. The van der Waals surface area contributed by atoms with Gasteiger partial charge in [0.25, 0.3) is 5.56 Å². The first-order valence-electron chi connectivity index (χ1n) is 5.78. The zero-order valence-corrected chi connectivity index (χ0v) is 10.9. The van der Waals surface area contributed by atoms with Gasteiger partial charge in [-0.3, -0.25) is 9.78 Å². The number of H-pyrrole nitrogens is 1. The number of hydrogen-bond donors (Lipinski definition) is 3. The third kappa shape index (κ3) is 3.86. The summed E-state index contributed by atoms with van der Waals surface area (Å²) in [6.45, 7) is 1.29. The third-order valence-corrected chi connectivity index (χ3v) is 2.31. The molecule has 0 unspecified atom stereocenters. The Morgan fingerprint density at radius 2 is 2.29 bits per heavy atom. The first-order valence-corrected chi connectivity index (χ1v) is 5.78. The van der Waals surface area contributed by atoms with Crippen LogP contribution in [0.3, 0.4) is 0 Å². The minimum absolute atomic E-state index is 0.0595. The maximum absolute atomic E-state index is 11.7. The highest BCUT2D eigenvalue weighted by Gasteiger charge is 2.04. The van der Waals surface area contributed by atoms with Crippen LogP contribution in [0.4, 0.5) is 5.95 Å². The van der Waals surface area contributed by atoms with Crippen LogP contribution in [0.15, 0.2) is 32.7 Å². The number of carboxylic acid groups (broad SMARTS) is 1. The van der Waals surface area contributed by atoms with E-state index in [1.165, 1.54) is 19.3 Å². The van der Waals surface area contributed by atoms with E-state index in [-0.39, 0.29) is 17.4 Å². The molecule has 0 saturated carbocycles. The van der Waals surface area contributed by atoms with Crippen LogP contribution in [-0.4, -0.2) is 32.0 Å². The van der Waals surface area contributed by atoms with Gasteiger partial charge in [0.15, 0.2) is 5.69 Å². The molecule has 0 bridgehead atoms. The van der Waals surface area contributed by atoms with Gasteiger partial charge in [0, 0.05) is 0 Å². The van der Waals surface area contributed by atoms with E-state index in [2.05, 4.69) is 25.7 Å². The summed E-state index contributed by atoms with van der Waals surface area (Å²) in [4.78, 5) is 24.7. The van der Waals surface area contributed by atoms with Gasteiger partial charge in [-0.05, 0) is 31.2 Å². The molecular formula is C12H11N5O4. The van der Waals surface area contributed by atoms with Gasteiger partial charge in [0.1, 0.15) is 11.5 Å². The van der Waals surface area contributed by atoms with Gasteiger partial charge in [-0.25, -0.2) is 10.2 Å². The van der Waals surface area contributed by atoms with Crippen molar-refractivity contribution in [2.45, 2.75) is 6.92 Å². The summed E-state index contributed by atoms with van der Waals surface area (Å²) in [5, 5.41) is 19.5. The van der Waals surface area contributed by atoms with Crippen molar-refractivity contribution in [2.24, 2.45) is 5.10 Å². The molecule has 0 aliphatic heterocycles. The van der Waals surface area contributed by atoms with E-state index in [0.29, 0.717) is 5.76 Å². The van der Waals surface area contributed by atoms with E-state index in [9.17, 15) is 9.59 Å². The van der Waals surface area contributed by atoms with Crippen molar-refractivity contribution >= 4 is 29.8 Å². The van der Waals surface area contributed by atoms with Crippen molar-refractivity contribution in [1.82, 2.24) is 15.2 Å². The number of nitrogens with zero attached hydrogens (tertiary/aromatic N) is 3. The number of aromatic nitrogens is 3. The summed E-state index contributed by atoms with van der Waals surface area (Å²) in [5.41, 5.74) is 1.70. The van der Waals surface area contributed by atoms with Gasteiger partial charge >= 0.3 is 5.97 Å². The summed E-state index contributed by atoms with van der Waals surface area (Å²) in [7, 11) is 0. The largest absolute Gasteiger partial charge is 0.477 e. The first kappa shape index (κ1) is 14.2. The Morgan fingerprint density at radius 3 is 2.90 bits per heavy atom. The molecule has 0 fully saturated rings. The maximum atomic E-state index is 11.7. The molecule has 9 heteroatoms. The Bertz CT molecular complexity index is 745. The molecule has 0 spiro atoms. The van der Waals surface area contributed by atoms with Gasteiger partial charge in [0.05, 0.1) is 6.26 Å². The van der Waals surface area contributed by atoms with Gasteiger partial charge in [-0.1, -0.05) is 0 Å². The molecule has 2 aromatic heterocycles. The molecule has 2 aromatic rings. The van der Waals surface area contributed by atoms with E-state index in [1.807, 2.05) is 0 Å². The molecule has 0 atom stereocenters. The van der Waals surface area contributed by atoms with Crippen molar-refractivity contribution in [1.29, 1.82) is 0 Å². The average molecular weight is 289 g/mol. The Labute approximate surface area is 118 Å². The molecule has 2 heterocycles. The Hall–Kier alpha value is -3.23. The lowest BCUT2D eigenvalue weighted by Crippen LogP contribution is -2.17. The van der Waals surface area contributed by atoms with Gasteiger partial charge in [0.2, 0.25) is 5.95 Å². The number of hydrogen-bond acceptors (Lipinski definition) is 7. The molecule has 0 radical (unpaired) electrons. The minimum Gasteiger partial charge on any atom is -0.477 e. The number of carbonyl (C=O) groups is 1. The highest BCUT2D eigenvalue weighted by atomic mass is 16.4. The number of aliphatic carboxylic acids is 1. The Morgan fingerprint density at radius 1 is 1.48 bits per heavy atom. The lowest BCUT2D eigenvalue weighted by Gasteiger charge is -1.99. The Balaban J connectivity index is 2.13. The summed E-state index contributed by atoms with van der Waals surface area (Å²) in [6.07, 6.45) is 4.52. The maximum Gasteiger partial charge on any atom is 0.351 e. The molecule has 108 valence electrons. The fraction of sp³-hybridized carbons (Fsp3) is 0.0833. The number of rotatable bonds is 5. The Kier molecular flexibility index (Phi) is 4.24. The number of carboxylic acids is 1. The van der Waals surface area contributed by atoms with Crippen molar-refractivity contribution in [3.8, 4) is 0 Å². The van der Waals surface area contributed by atoms with Crippen molar-refractivity contribution in [3.63, 3.8) is 0 Å². The second-order valence-electron chi connectivity index (χ2n) is 3.85. The quantitative estimate of drug-likeness (QED) is 0.547. The smallest absolute Gasteiger partial charge is 0.351 e. The second-order valence-corrected chi connectivity index (χ2v) is 3.85. The van der Waals surface area contributed by atoms with E-state index < -0.39 is 11.5 Å². The summed E-state index contributed by atoms with van der Waals surface area (Å²) in [5.74, 6) is -0.674. The lowest BCUT2D eigenvalue weighted by atomic mass is 10.3. The number of hydrazone groups is 1. The van der Waals surface area contributed by atoms with Crippen LogP contribution in [0.25, 0.3) is 12.2 Å². The first-order chi connectivity index (χ1) is 10.1. The van der Waals surface area contributed by atoms with E-state index >= 15 is 0 Å². The highest BCUT2D eigenvalue weighted by Crippen LogP contribution is 2.04. The van der Waals surface area contributed by atoms with Crippen molar-refractivity contribution < 1.29 is 14.3 Å². The van der Waals surface area contributed by atoms with Crippen LogP contribution in [0.2, 0.25) is 0 Å². The van der Waals surface area contributed by atoms with Crippen LogP contribution >= 0.6 is 0 Å². The van der Waals surface area contributed by atoms with Gasteiger partial charge < -0.3 is 9.52 Å². The molecule has 0 aliphatic rings. The molecule has 0 aliphatic carbocycles. The SMILES string of the molecule is C/C(=N\Nc1nnc(/C=C\c2ccco2)c(=O)[nH]1)C(=O)O. The standard InChI is InChI=1S/C12H11N5O4/c1-7(11(19)20)14-16-12-13-10(18)9(15-17-12)5-4-8-3-2-6-21-8/h2-6H,1H3,(H,19,20)(H2,13,16,17,18)/b5-4-,14-7+. The summed E-state index contributed by atoms with van der Waals surface area (Å²) >= 11 is 0. The molecule has 2 rings (SSSR count). The van der Waals surface area contributed by atoms with E-state index in [4.69, 9.17) is 9.52 Å². The molecule has 3 N–H and O–H groups in total. The van der Waals surface area contributed by atoms with Gasteiger partial charge in [-0.2, -0.15) is 5.10 Å². The van der Waals surface area contributed by atoms with Crippen LogP contribution in [-0.2, 0) is 4.79 Å². The zero-order valence-electron chi connectivity index (χ0n) is 10.9. The van der Waals surface area contributed by atoms with Crippen molar-refractivity contribution in [2.75, 3.05) is 5.43 Å². The molecule has 0 saturated heterocycles. The van der Waals surface area contributed by atoms with Crippen LogP contribution in [0.5, 0.6) is 0 Å². The molecule has 0 aromatic carbocycles. The zero-order chi connectivity index (χ0) is 15.2. The molecule has 21 heavy (non-hydrogen) atoms. The van der Waals surface area contributed by atoms with E-state index in [0.717, 1.165) is 0 Å². The summed E-state index contributed by atoms with van der Waals surface area (Å²) in [6, 6.07) is 3.43. The fourth-order valence-electron chi connectivity index (χ4n) is 1.24. The predicted molar refractivity (Wildman–Crippen MR) is 74.7 cm³/mol. The van der Waals surface area contributed by atoms with Crippen LogP contribution < -0.4 is 11.0 Å². The highest BCUT2D eigenvalue weighted by molar-refractivity contribution is 6.34. The number of furan rings is 1. The monoisotopic (exact) mass is 289 g/mol. The lowest BCUT2D eigenvalue weighted by molar-refractivity contribution is -0.129. The topological polar surface area (TPSA) is 133 Å². The van der Waals surface area contributed by atoms with Gasteiger partial charge in [-0.15, -0.1) is 10.2 Å². The van der Waals surface area contributed by atoms with Crippen molar-refractivity contribution in [3.05, 3.63) is 40.2 Å². The number of nitrogens with one attached hydrogen (secondary N) is 2. The fourth-order valence-corrected chi connectivity index (χ4v) is 1.24. The van der Waals surface area contributed by atoms with Crippen LogP contribution in [0.1, 0.15) is 18.4 Å². The summed E-state index contributed by atoms with van der Waals surface area (Å²) < 4.78 is 5.07.